The molecule has 1 N–H and O–H groups in total. The highest BCUT2D eigenvalue weighted by Gasteiger charge is 2.95. The molecule has 0 aromatic carbocycles. The van der Waals surface area contributed by atoms with E-state index < -0.39 is 94.4 Å². The number of nitrogens with one attached hydrogen (secondary N) is 1. The normalized spacial score (nSPS) is 17.1. The Balaban J connectivity index is 7.24. The molecule has 0 amide bonds. The quantitative estimate of drug-likeness (QED) is 0.226. The average molecular weight is 781 g/mol. The van der Waals surface area contributed by atoms with Gasteiger partial charge in [0.2, 0.25) is 0 Å². The Morgan fingerprint density at radius 2 is 0.422 bits per heavy atom. The van der Waals surface area contributed by atoms with Crippen LogP contribution in [0.2, 0.25) is 0 Å². The third-order valence-corrected chi connectivity index (χ3v) is 8.32. The highest BCUT2D eigenvalue weighted by atomic mass is 32.3. The number of sulfonamides is 2. The van der Waals surface area contributed by atoms with Crippen molar-refractivity contribution in [1.82, 2.24) is 4.13 Å². The maximum absolute atomic E-state index is 13.7. The molecule has 0 saturated heterocycles. The van der Waals surface area contributed by atoms with E-state index in [0.29, 0.717) is 0 Å². The van der Waals surface area contributed by atoms with Gasteiger partial charge >= 0.3 is 70.2 Å². The van der Waals surface area contributed by atoms with Gasteiger partial charge in [-0.25, -0.2) is 16.8 Å². The van der Waals surface area contributed by atoms with Gasteiger partial charge in [0.05, 0.1) is 0 Å². The molecule has 0 aliphatic carbocycles. The van der Waals surface area contributed by atoms with Crippen LogP contribution in [0.1, 0.15) is 0 Å². The summed E-state index contributed by atoms with van der Waals surface area (Å²) < 4.78 is 380. The van der Waals surface area contributed by atoms with E-state index in [1.807, 2.05) is 0 Å². The number of hydrogen-bond acceptors (Lipinski definition) is 4. The van der Waals surface area contributed by atoms with Gasteiger partial charge in [-0.15, -0.1) is 0 Å². The molecule has 0 spiro atoms. The Kier molecular flexibility index (Phi) is 9.82. The van der Waals surface area contributed by atoms with E-state index >= 15 is 0 Å². The van der Waals surface area contributed by atoms with Crippen LogP contribution in [0.3, 0.4) is 0 Å². The molecule has 0 saturated carbocycles. The first-order valence-electron chi connectivity index (χ1n) is 8.90. The molecule has 0 fully saturated rings. The van der Waals surface area contributed by atoms with Crippen molar-refractivity contribution in [3.8, 4) is 0 Å². The van der Waals surface area contributed by atoms with Crippen LogP contribution in [0.15, 0.2) is 0 Å². The second-order valence-corrected chi connectivity index (χ2v) is 11.4. The van der Waals surface area contributed by atoms with Gasteiger partial charge < -0.3 is 0 Å². The molecule has 272 valence electrons. The molecule has 45 heavy (non-hydrogen) atoms. The zero-order valence-electron chi connectivity index (χ0n) is 18.8. The highest BCUT2D eigenvalue weighted by Crippen LogP contribution is 2.63. The largest absolute Gasteiger partial charge is 0.460 e. The van der Waals surface area contributed by atoms with Crippen LogP contribution in [0.4, 0.5) is 114 Å². The van der Waals surface area contributed by atoms with E-state index in [0.717, 1.165) is 0 Å². The summed E-state index contributed by atoms with van der Waals surface area (Å²) in [5.41, 5.74) is 0. The molecule has 0 aromatic rings. The Labute approximate surface area is 226 Å². The lowest BCUT2D eigenvalue weighted by atomic mass is 9.98. The minimum atomic E-state index is -9.41. The fraction of sp³-hybridized carbons (Fsp3) is 1.00. The lowest BCUT2D eigenvalue weighted by Crippen LogP contribution is -2.73. The molecule has 33 heteroatoms. The lowest BCUT2D eigenvalue weighted by molar-refractivity contribution is -0.433. The zero-order valence-corrected chi connectivity index (χ0v) is 20.4. The number of rotatable bonds is 12. The summed E-state index contributed by atoms with van der Waals surface area (Å²) >= 11 is 0. The summed E-state index contributed by atoms with van der Waals surface area (Å²) in [4.78, 5) is 0. The van der Waals surface area contributed by atoms with Crippen molar-refractivity contribution in [2.45, 2.75) is 70.2 Å². The Hall–Kier alpha value is -1.96. The van der Waals surface area contributed by atoms with E-state index in [2.05, 4.69) is 0 Å². The minimum absolute atomic E-state index is 2.08. The van der Waals surface area contributed by atoms with Crippen LogP contribution in [-0.4, -0.2) is 87.1 Å². The molecule has 0 bridgehead atoms. The van der Waals surface area contributed by atoms with Crippen molar-refractivity contribution in [2.24, 2.45) is 0 Å². The van der Waals surface area contributed by atoms with Crippen molar-refractivity contribution in [1.29, 1.82) is 0 Å². The second kappa shape index (κ2) is 10.3. The van der Waals surface area contributed by atoms with Gasteiger partial charge in [0, 0.05) is 0 Å². The van der Waals surface area contributed by atoms with E-state index in [-0.39, 0.29) is 0 Å². The van der Waals surface area contributed by atoms with Crippen LogP contribution in [-0.2, 0) is 20.0 Å². The monoisotopic (exact) mass is 781 g/mol. The molecular formula is C12HF26NO4S2. The smallest absolute Gasteiger partial charge is 0.205 e. The van der Waals surface area contributed by atoms with Crippen LogP contribution in [0.25, 0.3) is 0 Å². The first-order valence-corrected chi connectivity index (χ1v) is 11.9. The standard InChI is InChI=1S/C12HF26NO4S2/c13-1(14,5(21,22)9(29,30)31)3(17,18)7(25,26)11(35,36)44(40,41)39-45(42,43)12(37,38)8(27,28)4(19,20)2(15,16)6(23,24)10(32,33)34/h39H. The molecule has 0 unspecified atom stereocenters. The summed E-state index contributed by atoms with van der Waals surface area (Å²) in [5.74, 6) is -71.9. The number of alkyl halides is 26. The summed E-state index contributed by atoms with van der Waals surface area (Å²) in [6.45, 7) is 0. The first kappa shape index (κ1) is 43.0. The molecule has 0 atom stereocenters. The Morgan fingerprint density at radius 3 is 0.578 bits per heavy atom. The predicted molar refractivity (Wildman–Crippen MR) is 82.6 cm³/mol. The third-order valence-electron chi connectivity index (χ3n) is 4.70. The predicted octanol–water partition coefficient (Wildman–Crippen LogP) is 6.63. The number of hydrogen-bond donors (Lipinski definition) is 1. The van der Waals surface area contributed by atoms with Gasteiger partial charge in [0.1, 0.15) is 0 Å². The van der Waals surface area contributed by atoms with Crippen LogP contribution in [0, 0.1) is 0 Å². The minimum Gasteiger partial charge on any atom is -0.205 e. The Morgan fingerprint density at radius 1 is 0.267 bits per heavy atom. The van der Waals surface area contributed by atoms with Crippen molar-refractivity contribution >= 4 is 20.0 Å². The van der Waals surface area contributed by atoms with Gasteiger partial charge in [-0.3, -0.25) is 0 Å². The van der Waals surface area contributed by atoms with Gasteiger partial charge in [0.15, 0.2) is 0 Å². The fourth-order valence-electron chi connectivity index (χ4n) is 2.10. The van der Waals surface area contributed by atoms with Crippen LogP contribution in [0.5, 0.6) is 0 Å². The molecule has 0 aliphatic rings. The van der Waals surface area contributed by atoms with Crippen LogP contribution < -0.4 is 4.13 Å². The molecule has 0 aromatic heterocycles. The average Bonchev–Trinajstić information content (AvgIpc) is 2.75. The zero-order chi connectivity index (χ0) is 37.7. The van der Waals surface area contributed by atoms with Gasteiger partial charge in [-0.1, -0.05) is 4.13 Å². The molecule has 0 radical (unpaired) electrons. The van der Waals surface area contributed by atoms with Crippen molar-refractivity contribution in [3.05, 3.63) is 0 Å². The van der Waals surface area contributed by atoms with Crippen molar-refractivity contribution in [3.63, 3.8) is 0 Å². The Bertz CT molecular complexity index is 1240. The first-order chi connectivity index (χ1) is 18.7. The third kappa shape index (κ3) is 5.37. The number of halogens is 26. The van der Waals surface area contributed by atoms with Gasteiger partial charge in [0.25, 0.3) is 20.0 Å². The van der Waals surface area contributed by atoms with Crippen LogP contribution >= 0.6 is 0 Å². The summed E-state index contributed by atoms with van der Waals surface area (Å²) in [6.07, 6.45) is -16.3. The highest BCUT2D eigenvalue weighted by molar-refractivity contribution is 8.05. The van der Waals surface area contributed by atoms with Gasteiger partial charge in [-0.2, -0.15) is 114 Å². The SMILES string of the molecule is O=S(=O)(NS(=O)(=O)C(F)(F)C(F)(F)C(F)(F)C(F)(F)C(F)(F)C(F)(F)F)C(F)(F)C(F)(F)C(F)(F)C(F)(F)C(F)(F)C(F)(F)F. The van der Waals surface area contributed by atoms with E-state index in [1.165, 1.54) is 0 Å². The molecule has 0 rings (SSSR count). The lowest BCUT2D eigenvalue weighted by Gasteiger charge is -2.40. The van der Waals surface area contributed by atoms with Crippen molar-refractivity contribution < 1.29 is 131 Å². The van der Waals surface area contributed by atoms with E-state index in [9.17, 15) is 131 Å². The molecular weight excluding hydrogens is 780 g/mol. The second-order valence-electron chi connectivity index (χ2n) is 7.71. The topological polar surface area (TPSA) is 80.3 Å². The summed E-state index contributed by atoms with van der Waals surface area (Å²) in [6, 6.07) is 0. The fourth-order valence-corrected chi connectivity index (χ4v) is 5.02. The summed E-state index contributed by atoms with van der Waals surface area (Å²) in [5, 5.41) is -17.8. The summed E-state index contributed by atoms with van der Waals surface area (Å²) in [7, 11) is -18.8. The van der Waals surface area contributed by atoms with E-state index in [4.69, 9.17) is 0 Å². The van der Waals surface area contributed by atoms with Crippen molar-refractivity contribution in [2.75, 3.05) is 0 Å². The maximum atomic E-state index is 13.7. The molecule has 0 aliphatic heterocycles. The maximum Gasteiger partial charge on any atom is 0.460 e. The van der Waals surface area contributed by atoms with Gasteiger partial charge in [-0.05, 0) is 0 Å². The van der Waals surface area contributed by atoms with E-state index in [1.54, 1.807) is 0 Å². The molecule has 5 nitrogen and oxygen atoms in total. The molecule has 0 heterocycles.